The Bertz CT molecular complexity index is 525. The molecule has 0 bridgehead atoms. The number of nitrogens with zero attached hydrogens (tertiary/aromatic N) is 1. The van der Waals surface area contributed by atoms with Gasteiger partial charge in [0.25, 0.3) is 0 Å². The fraction of sp³-hybridized carbons (Fsp3) is 0.375. The highest BCUT2D eigenvalue weighted by atomic mass is 35.5. The fourth-order valence-electron chi connectivity index (χ4n) is 2.81. The Balaban J connectivity index is 0.00000110. The van der Waals surface area contributed by atoms with Crippen molar-refractivity contribution in [2.24, 2.45) is 0 Å². The van der Waals surface area contributed by atoms with Crippen molar-refractivity contribution in [3.05, 3.63) is 57.8 Å². The second kappa shape index (κ2) is 8.76. The SMILES string of the molecule is Cc1ccccc1[C@H](c1cccs1)N1CCNCC1.Cl.Cl. The van der Waals surface area contributed by atoms with Crippen molar-refractivity contribution in [1.29, 1.82) is 0 Å². The standard InChI is InChI=1S/C16H20N2S.2ClH/c1-13-5-2-3-6-14(13)16(15-7-4-12-19-15)18-10-8-17-9-11-18;;/h2-7,12,16-17H,8-11H2,1H3;2*1H/t16-;;/m1../s1. The van der Waals surface area contributed by atoms with Gasteiger partial charge in [-0.1, -0.05) is 30.3 Å². The molecule has 2 nitrogen and oxygen atoms in total. The molecule has 3 rings (SSSR count). The fourth-order valence-corrected chi connectivity index (χ4v) is 3.69. The molecule has 0 saturated carbocycles. The number of thiophene rings is 1. The van der Waals surface area contributed by atoms with Gasteiger partial charge < -0.3 is 5.32 Å². The second-order valence-corrected chi connectivity index (χ2v) is 6.04. The molecule has 1 saturated heterocycles. The zero-order valence-corrected chi connectivity index (χ0v) is 14.6. The number of halogens is 2. The van der Waals surface area contributed by atoms with Crippen LogP contribution in [0, 0.1) is 6.92 Å². The Morgan fingerprint density at radius 3 is 2.38 bits per heavy atom. The van der Waals surface area contributed by atoms with Crippen molar-refractivity contribution < 1.29 is 0 Å². The van der Waals surface area contributed by atoms with Crippen LogP contribution in [0.2, 0.25) is 0 Å². The van der Waals surface area contributed by atoms with Crippen LogP contribution in [0.3, 0.4) is 0 Å². The van der Waals surface area contributed by atoms with Crippen LogP contribution in [0.25, 0.3) is 0 Å². The molecule has 1 atom stereocenters. The van der Waals surface area contributed by atoms with Gasteiger partial charge in [-0.25, -0.2) is 0 Å². The van der Waals surface area contributed by atoms with Crippen molar-refractivity contribution in [1.82, 2.24) is 10.2 Å². The molecule has 1 aliphatic heterocycles. The Kier molecular flexibility index (Phi) is 7.71. The van der Waals surface area contributed by atoms with E-state index in [1.165, 1.54) is 16.0 Å². The van der Waals surface area contributed by atoms with Gasteiger partial charge in [0.15, 0.2) is 0 Å². The van der Waals surface area contributed by atoms with Crippen LogP contribution < -0.4 is 5.32 Å². The van der Waals surface area contributed by atoms with Crippen molar-refractivity contribution in [3.63, 3.8) is 0 Å². The van der Waals surface area contributed by atoms with Crippen molar-refractivity contribution in [3.8, 4) is 0 Å². The maximum atomic E-state index is 3.44. The number of hydrogen-bond acceptors (Lipinski definition) is 3. The molecule has 1 N–H and O–H groups in total. The number of hydrogen-bond donors (Lipinski definition) is 1. The molecule has 2 heterocycles. The number of rotatable bonds is 3. The maximum absolute atomic E-state index is 3.44. The highest BCUT2D eigenvalue weighted by Gasteiger charge is 2.25. The van der Waals surface area contributed by atoms with E-state index in [2.05, 4.69) is 58.9 Å². The zero-order valence-electron chi connectivity index (χ0n) is 12.1. The Morgan fingerprint density at radius 1 is 1.05 bits per heavy atom. The first kappa shape index (κ1) is 18.5. The summed E-state index contributed by atoms with van der Waals surface area (Å²) < 4.78 is 0. The number of benzene rings is 1. The third-order valence-electron chi connectivity index (χ3n) is 3.81. The lowest BCUT2D eigenvalue weighted by molar-refractivity contribution is 0.200. The number of nitrogens with one attached hydrogen (secondary N) is 1. The monoisotopic (exact) mass is 344 g/mol. The topological polar surface area (TPSA) is 15.3 Å². The van der Waals surface area contributed by atoms with Crippen molar-refractivity contribution in [2.45, 2.75) is 13.0 Å². The molecule has 1 fully saturated rings. The summed E-state index contributed by atoms with van der Waals surface area (Å²) in [5.74, 6) is 0. The third-order valence-corrected chi connectivity index (χ3v) is 4.74. The molecule has 1 aromatic heterocycles. The van der Waals surface area contributed by atoms with Crippen LogP contribution in [0.1, 0.15) is 22.0 Å². The van der Waals surface area contributed by atoms with E-state index in [0.717, 1.165) is 26.2 Å². The van der Waals surface area contributed by atoms with Gasteiger partial charge in [0.05, 0.1) is 6.04 Å². The molecule has 5 heteroatoms. The first-order valence-electron chi connectivity index (χ1n) is 6.90. The Labute approximate surface area is 143 Å². The molecule has 2 aromatic rings. The van der Waals surface area contributed by atoms with E-state index in [4.69, 9.17) is 0 Å². The molecule has 116 valence electrons. The summed E-state index contributed by atoms with van der Waals surface area (Å²) in [7, 11) is 0. The lowest BCUT2D eigenvalue weighted by Gasteiger charge is -2.35. The molecule has 1 aliphatic rings. The zero-order chi connectivity index (χ0) is 13.1. The van der Waals surface area contributed by atoms with Crippen LogP contribution in [-0.4, -0.2) is 31.1 Å². The maximum Gasteiger partial charge on any atom is 0.0699 e. The van der Waals surface area contributed by atoms with E-state index in [-0.39, 0.29) is 24.8 Å². The summed E-state index contributed by atoms with van der Waals surface area (Å²) in [6.45, 7) is 6.65. The smallest absolute Gasteiger partial charge is 0.0699 e. The molecule has 0 aliphatic carbocycles. The molecule has 1 aromatic carbocycles. The van der Waals surface area contributed by atoms with Crippen LogP contribution in [0.5, 0.6) is 0 Å². The van der Waals surface area contributed by atoms with E-state index in [1.54, 1.807) is 0 Å². The van der Waals surface area contributed by atoms with Crippen molar-refractivity contribution in [2.75, 3.05) is 26.2 Å². The molecular weight excluding hydrogens is 323 g/mol. The summed E-state index contributed by atoms with van der Waals surface area (Å²) in [6.07, 6.45) is 0. The number of piperazine rings is 1. The van der Waals surface area contributed by atoms with E-state index >= 15 is 0 Å². The molecule has 0 unspecified atom stereocenters. The predicted molar refractivity (Wildman–Crippen MR) is 96.3 cm³/mol. The minimum absolute atomic E-state index is 0. The first-order valence-corrected chi connectivity index (χ1v) is 7.78. The largest absolute Gasteiger partial charge is 0.314 e. The van der Waals surface area contributed by atoms with Crippen LogP contribution >= 0.6 is 36.2 Å². The van der Waals surface area contributed by atoms with E-state index in [1.807, 2.05) is 11.3 Å². The summed E-state index contributed by atoms with van der Waals surface area (Å²) in [4.78, 5) is 4.06. The predicted octanol–water partition coefficient (Wildman–Crippen LogP) is 3.89. The van der Waals surface area contributed by atoms with Gasteiger partial charge in [-0.05, 0) is 29.5 Å². The van der Waals surface area contributed by atoms with Gasteiger partial charge in [0.2, 0.25) is 0 Å². The van der Waals surface area contributed by atoms with Gasteiger partial charge in [0, 0.05) is 31.1 Å². The molecular formula is C16H22Cl2N2S. The van der Waals surface area contributed by atoms with Gasteiger partial charge in [0.1, 0.15) is 0 Å². The first-order chi connectivity index (χ1) is 9.36. The minimum Gasteiger partial charge on any atom is -0.314 e. The lowest BCUT2D eigenvalue weighted by Crippen LogP contribution is -2.45. The van der Waals surface area contributed by atoms with Crippen LogP contribution in [0.15, 0.2) is 41.8 Å². The van der Waals surface area contributed by atoms with E-state index in [0.29, 0.717) is 6.04 Å². The minimum atomic E-state index is 0. The average Bonchev–Trinajstić information content (AvgIpc) is 2.96. The Morgan fingerprint density at radius 2 is 1.76 bits per heavy atom. The van der Waals surface area contributed by atoms with Gasteiger partial charge in [-0.3, -0.25) is 4.90 Å². The lowest BCUT2D eigenvalue weighted by atomic mass is 9.98. The summed E-state index contributed by atoms with van der Waals surface area (Å²) in [5, 5.41) is 5.63. The van der Waals surface area contributed by atoms with E-state index < -0.39 is 0 Å². The van der Waals surface area contributed by atoms with Crippen molar-refractivity contribution >= 4 is 36.2 Å². The molecule has 0 spiro atoms. The van der Waals surface area contributed by atoms with Gasteiger partial charge in [-0.15, -0.1) is 36.2 Å². The quantitative estimate of drug-likeness (QED) is 0.908. The van der Waals surface area contributed by atoms with Gasteiger partial charge in [-0.2, -0.15) is 0 Å². The Hall–Kier alpha value is -0.580. The highest BCUT2D eigenvalue weighted by Crippen LogP contribution is 2.33. The summed E-state index contributed by atoms with van der Waals surface area (Å²) >= 11 is 1.87. The summed E-state index contributed by atoms with van der Waals surface area (Å²) in [5.41, 5.74) is 2.84. The van der Waals surface area contributed by atoms with Gasteiger partial charge >= 0.3 is 0 Å². The number of aryl methyl sites for hydroxylation is 1. The second-order valence-electron chi connectivity index (χ2n) is 5.06. The summed E-state index contributed by atoms with van der Waals surface area (Å²) in [6, 6.07) is 13.6. The molecule has 21 heavy (non-hydrogen) atoms. The average molecular weight is 345 g/mol. The van der Waals surface area contributed by atoms with Crippen LogP contribution in [-0.2, 0) is 0 Å². The normalized spacial score (nSPS) is 16.6. The molecule has 0 radical (unpaired) electrons. The molecule has 0 amide bonds. The van der Waals surface area contributed by atoms with E-state index in [9.17, 15) is 0 Å². The third kappa shape index (κ3) is 4.21. The highest BCUT2D eigenvalue weighted by molar-refractivity contribution is 7.10. The van der Waals surface area contributed by atoms with Crippen LogP contribution in [0.4, 0.5) is 0 Å².